The molecule has 1 aromatic heterocycles. The Morgan fingerprint density at radius 3 is 2.50 bits per heavy atom. The third kappa shape index (κ3) is 5.08. The molecule has 3 aromatic rings. The highest BCUT2D eigenvalue weighted by atomic mass is 19.1. The Hall–Kier alpha value is -2.92. The van der Waals surface area contributed by atoms with Gasteiger partial charge < -0.3 is 14.8 Å². The van der Waals surface area contributed by atoms with Crippen LogP contribution in [-0.4, -0.2) is 12.1 Å². The predicted octanol–water partition coefficient (Wildman–Crippen LogP) is 4.97. The largest absolute Gasteiger partial charge is 0.493 e. The second kappa shape index (κ2) is 9.33. The molecule has 1 heterocycles. The fraction of sp³-hybridized carbons (Fsp3) is 0.261. The minimum absolute atomic E-state index is 0.105. The highest BCUT2D eigenvalue weighted by Crippen LogP contribution is 2.31. The maximum Gasteiger partial charge on any atom is 0.161 e. The molecule has 4 nitrogen and oxygen atoms in total. The van der Waals surface area contributed by atoms with Gasteiger partial charge in [0.2, 0.25) is 0 Å². The number of halogens is 1. The molecule has 0 aliphatic heterocycles. The van der Waals surface area contributed by atoms with E-state index in [2.05, 4.69) is 17.2 Å². The molecule has 0 saturated carbocycles. The number of aromatic nitrogens is 1. The lowest BCUT2D eigenvalue weighted by atomic mass is 10.1. The first-order chi connectivity index (χ1) is 13.6. The van der Waals surface area contributed by atoms with Crippen LogP contribution in [0.1, 0.15) is 35.2 Å². The summed E-state index contributed by atoms with van der Waals surface area (Å²) in [5.74, 6) is 1.21. The van der Waals surface area contributed by atoms with Gasteiger partial charge in [0, 0.05) is 25.0 Å². The van der Waals surface area contributed by atoms with Crippen LogP contribution >= 0.6 is 0 Å². The fourth-order valence-corrected chi connectivity index (χ4v) is 2.92. The van der Waals surface area contributed by atoms with Gasteiger partial charge in [-0.25, -0.2) is 4.39 Å². The van der Waals surface area contributed by atoms with Crippen LogP contribution in [0.5, 0.6) is 11.5 Å². The number of pyridine rings is 1. The Balaban J connectivity index is 1.63. The molecular weight excluding hydrogens is 355 g/mol. The monoisotopic (exact) mass is 380 g/mol. The number of hydrogen-bond acceptors (Lipinski definition) is 4. The number of ether oxygens (including phenoxy) is 2. The van der Waals surface area contributed by atoms with Gasteiger partial charge in [-0.1, -0.05) is 18.2 Å². The van der Waals surface area contributed by atoms with Crippen LogP contribution in [0.15, 0.2) is 60.9 Å². The smallest absolute Gasteiger partial charge is 0.161 e. The zero-order chi connectivity index (χ0) is 19.9. The van der Waals surface area contributed by atoms with Gasteiger partial charge in [-0.15, -0.1) is 0 Å². The Morgan fingerprint density at radius 2 is 1.79 bits per heavy atom. The number of methoxy groups -OCH3 is 1. The maximum atomic E-state index is 13.4. The van der Waals surface area contributed by atoms with Crippen molar-refractivity contribution in [2.75, 3.05) is 7.11 Å². The molecule has 1 unspecified atom stereocenters. The van der Waals surface area contributed by atoms with Crippen LogP contribution in [-0.2, 0) is 13.2 Å². The van der Waals surface area contributed by atoms with Gasteiger partial charge in [0.15, 0.2) is 11.5 Å². The number of rotatable bonds is 8. The number of benzene rings is 2. The van der Waals surface area contributed by atoms with Gasteiger partial charge >= 0.3 is 0 Å². The lowest BCUT2D eigenvalue weighted by Crippen LogP contribution is -2.18. The second-order valence-corrected chi connectivity index (χ2v) is 6.74. The van der Waals surface area contributed by atoms with E-state index in [1.165, 1.54) is 6.07 Å². The Labute approximate surface area is 165 Å². The molecule has 0 aliphatic rings. The third-order valence-electron chi connectivity index (χ3n) is 4.67. The van der Waals surface area contributed by atoms with Crippen molar-refractivity contribution in [3.05, 3.63) is 89.0 Å². The normalized spacial score (nSPS) is 11.9. The van der Waals surface area contributed by atoms with Crippen LogP contribution in [0, 0.1) is 12.7 Å². The van der Waals surface area contributed by atoms with E-state index in [4.69, 9.17) is 9.47 Å². The fourth-order valence-electron chi connectivity index (χ4n) is 2.92. The molecule has 0 spiro atoms. The summed E-state index contributed by atoms with van der Waals surface area (Å²) in [7, 11) is 1.64. The first-order valence-corrected chi connectivity index (χ1v) is 9.25. The molecule has 0 saturated heterocycles. The van der Waals surface area contributed by atoms with E-state index in [1.807, 2.05) is 36.4 Å². The van der Waals surface area contributed by atoms with Crippen LogP contribution in [0.2, 0.25) is 0 Å². The molecule has 1 N–H and O–H groups in total. The van der Waals surface area contributed by atoms with E-state index in [-0.39, 0.29) is 11.9 Å². The lowest BCUT2D eigenvalue weighted by Gasteiger charge is -2.17. The quantitative estimate of drug-likeness (QED) is 0.599. The highest BCUT2D eigenvalue weighted by Gasteiger charge is 2.11. The van der Waals surface area contributed by atoms with Crippen molar-refractivity contribution in [2.45, 2.75) is 33.0 Å². The van der Waals surface area contributed by atoms with Crippen LogP contribution in [0.3, 0.4) is 0 Å². The van der Waals surface area contributed by atoms with Crippen molar-refractivity contribution in [3.8, 4) is 11.5 Å². The van der Waals surface area contributed by atoms with Crippen molar-refractivity contribution >= 4 is 0 Å². The van der Waals surface area contributed by atoms with Gasteiger partial charge in [0.25, 0.3) is 0 Å². The first kappa shape index (κ1) is 19.8. The summed E-state index contributed by atoms with van der Waals surface area (Å²) >= 11 is 0. The molecule has 2 aromatic carbocycles. The van der Waals surface area contributed by atoms with Crippen molar-refractivity contribution in [3.63, 3.8) is 0 Å². The zero-order valence-electron chi connectivity index (χ0n) is 16.4. The summed E-state index contributed by atoms with van der Waals surface area (Å²) in [5, 5.41) is 3.46. The topological polar surface area (TPSA) is 43.4 Å². The first-order valence-electron chi connectivity index (χ1n) is 9.25. The summed E-state index contributed by atoms with van der Waals surface area (Å²) in [4.78, 5) is 4.01. The highest BCUT2D eigenvalue weighted by molar-refractivity contribution is 5.44. The standard InChI is InChI=1S/C23H25FN2O2/c1-16-12-19(4-6-21(16)24)14-26-17(2)20-5-7-22(23(13-20)27-3)28-15-18-8-10-25-11-9-18/h4-13,17,26H,14-15H2,1-3H3. The van der Waals surface area contributed by atoms with Gasteiger partial charge in [0.1, 0.15) is 12.4 Å². The SMILES string of the molecule is COc1cc(C(C)NCc2ccc(F)c(C)c2)ccc1OCc1ccncc1. The Kier molecular flexibility index (Phi) is 6.61. The molecule has 1 atom stereocenters. The molecule has 0 aliphatic carbocycles. The average Bonchev–Trinajstić information content (AvgIpc) is 2.73. The van der Waals surface area contributed by atoms with E-state index in [9.17, 15) is 4.39 Å². The average molecular weight is 380 g/mol. The summed E-state index contributed by atoms with van der Waals surface area (Å²) in [6.07, 6.45) is 3.49. The number of nitrogens with zero attached hydrogens (tertiary/aromatic N) is 1. The summed E-state index contributed by atoms with van der Waals surface area (Å²) in [6, 6.07) is 15.1. The minimum atomic E-state index is -0.177. The third-order valence-corrected chi connectivity index (χ3v) is 4.67. The lowest BCUT2D eigenvalue weighted by molar-refractivity contribution is 0.284. The van der Waals surface area contributed by atoms with E-state index in [1.54, 1.807) is 32.5 Å². The molecule has 0 amide bonds. The molecule has 5 heteroatoms. The van der Waals surface area contributed by atoms with Crippen molar-refractivity contribution in [2.24, 2.45) is 0 Å². The Bertz CT molecular complexity index is 916. The molecule has 28 heavy (non-hydrogen) atoms. The van der Waals surface area contributed by atoms with Gasteiger partial charge in [-0.2, -0.15) is 0 Å². The molecular formula is C23H25FN2O2. The van der Waals surface area contributed by atoms with E-state index < -0.39 is 0 Å². The van der Waals surface area contributed by atoms with Gasteiger partial charge in [-0.05, 0) is 66.4 Å². The van der Waals surface area contributed by atoms with Crippen molar-refractivity contribution < 1.29 is 13.9 Å². The second-order valence-electron chi connectivity index (χ2n) is 6.74. The number of hydrogen-bond donors (Lipinski definition) is 1. The van der Waals surface area contributed by atoms with Crippen LogP contribution < -0.4 is 14.8 Å². The zero-order valence-corrected chi connectivity index (χ0v) is 16.4. The predicted molar refractivity (Wildman–Crippen MR) is 108 cm³/mol. The molecule has 146 valence electrons. The van der Waals surface area contributed by atoms with E-state index in [0.717, 1.165) is 16.7 Å². The minimum Gasteiger partial charge on any atom is -0.493 e. The number of aryl methyl sites for hydroxylation is 1. The van der Waals surface area contributed by atoms with E-state index >= 15 is 0 Å². The van der Waals surface area contributed by atoms with Crippen LogP contribution in [0.25, 0.3) is 0 Å². The van der Waals surface area contributed by atoms with Gasteiger partial charge in [-0.3, -0.25) is 4.98 Å². The summed E-state index contributed by atoms with van der Waals surface area (Å²) in [5.41, 5.74) is 3.84. The number of nitrogens with one attached hydrogen (secondary N) is 1. The summed E-state index contributed by atoms with van der Waals surface area (Å²) < 4.78 is 24.8. The van der Waals surface area contributed by atoms with E-state index in [0.29, 0.717) is 30.2 Å². The van der Waals surface area contributed by atoms with Gasteiger partial charge in [0.05, 0.1) is 7.11 Å². The Morgan fingerprint density at radius 1 is 1.00 bits per heavy atom. The molecule has 0 bridgehead atoms. The molecule has 0 radical (unpaired) electrons. The van der Waals surface area contributed by atoms with Crippen LogP contribution in [0.4, 0.5) is 4.39 Å². The molecule has 0 fully saturated rings. The van der Waals surface area contributed by atoms with Crippen molar-refractivity contribution in [1.29, 1.82) is 0 Å². The molecule has 3 rings (SSSR count). The summed E-state index contributed by atoms with van der Waals surface area (Å²) in [6.45, 7) is 4.97. The maximum absolute atomic E-state index is 13.4. The van der Waals surface area contributed by atoms with Crippen molar-refractivity contribution in [1.82, 2.24) is 10.3 Å².